The highest BCUT2D eigenvalue weighted by atomic mass is 32.2. The van der Waals surface area contributed by atoms with E-state index in [1.807, 2.05) is 0 Å². The van der Waals surface area contributed by atoms with Crippen LogP contribution in [0.1, 0.15) is 45.0 Å². The van der Waals surface area contributed by atoms with E-state index in [2.05, 4.69) is 10.3 Å². The van der Waals surface area contributed by atoms with Crippen LogP contribution in [-0.4, -0.2) is 31.6 Å². The Labute approximate surface area is 199 Å². The zero-order chi connectivity index (χ0) is 24.5. The van der Waals surface area contributed by atoms with Gasteiger partial charge in [-0.15, -0.1) is 11.3 Å². The van der Waals surface area contributed by atoms with E-state index in [1.54, 1.807) is 37.3 Å². The van der Waals surface area contributed by atoms with E-state index in [4.69, 9.17) is 0 Å². The topological polar surface area (TPSA) is 79.4 Å². The fourth-order valence-electron chi connectivity index (χ4n) is 3.71. The van der Waals surface area contributed by atoms with E-state index in [0.29, 0.717) is 45.5 Å². The van der Waals surface area contributed by atoms with Gasteiger partial charge in [0.15, 0.2) is 0 Å². The van der Waals surface area contributed by atoms with Crippen LogP contribution in [0.3, 0.4) is 0 Å². The van der Waals surface area contributed by atoms with Crippen molar-refractivity contribution in [3.8, 4) is 0 Å². The highest BCUT2D eigenvalue weighted by Gasteiger charge is 2.30. The molecule has 0 radical (unpaired) electrons. The Bertz CT molecular complexity index is 1300. The Morgan fingerprint density at radius 2 is 1.88 bits per heavy atom. The summed E-state index contributed by atoms with van der Waals surface area (Å²) in [5, 5.41) is 3.88. The van der Waals surface area contributed by atoms with Crippen molar-refractivity contribution < 1.29 is 26.4 Å². The standard InChI is InChI=1S/C23H22F3N3O3S2/c1-15-22(33-20(27-15)14-16-5-4-6-18(13-16)23(24,25)26)28-21(30)17-7-9-19(10-8-17)29-11-2-3-12-34(29,31)32/h4-10,13H,2-3,11-12,14H2,1H3,(H,28,30). The number of hydrogen-bond acceptors (Lipinski definition) is 5. The molecule has 180 valence electrons. The molecule has 1 fully saturated rings. The van der Waals surface area contributed by atoms with Crippen LogP contribution in [0, 0.1) is 6.92 Å². The van der Waals surface area contributed by atoms with Gasteiger partial charge < -0.3 is 5.32 Å². The van der Waals surface area contributed by atoms with Crippen molar-refractivity contribution >= 4 is 38.0 Å². The quantitative estimate of drug-likeness (QED) is 0.510. The molecule has 0 saturated carbocycles. The second-order valence-corrected chi connectivity index (χ2v) is 11.1. The van der Waals surface area contributed by atoms with Crippen LogP contribution in [0.25, 0.3) is 0 Å². The lowest BCUT2D eigenvalue weighted by Crippen LogP contribution is -2.37. The number of nitrogens with one attached hydrogen (secondary N) is 1. The van der Waals surface area contributed by atoms with E-state index >= 15 is 0 Å². The van der Waals surface area contributed by atoms with Crippen molar-refractivity contribution in [1.82, 2.24) is 4.98 Å². The predicted octanol–water partition coefficient (Wildman–Crippen LogP) is 5.24. The van der Waals surface area contributed by atoms with Gasteiger partial charge in [-0.1, -0.05) is 18.2 Å². The lowest BCUT2D eigenvalue weighted by atomic mass is 10.1. The smallest absolute Gasteiger partial charge is 0.312 e. The van der Waals surface area contributed by atoms with Gasteiger partial charge in [0.1, 0.15) is 5.00 Å². The number of aryl methyl sites for hydroxylation is 1. The van der Waals surface area contributed by atoms with Crippen molar-refractivity contribution in [3.05, 3.63) is 75.9 Å². The second kappa shape index (κ2) is 9.38. The van der Waals surface area contributed by atoms with E-state index in [1.165, 1.54) is 21.7 Å². The average Bonchev–Trinajstić information content (AvgIpc) is 3.11. The maximum atomic E-state index is 13.0. The summed E-state index contributed by atoms with van der Waals surface area (Å²) in [6.45, 7) is 2.13. The first-order chi connectivity index (χ1) is 16.0. The first kappa shape index (κ1) is 24.2. The van der Waals surface area contributed by atoms with Gasteiger partial charge in [0.25, 0.3) is 5.91 Å². The van der Waals surface area contributed by atoms with Crippen molar-refractivity contribution in [2.45, 2.75) is 32.4 Å². The van der Waals surface area contributed by atoms with E-state index in [9.17, 15) is 26.4 Å². The van der Waals surface area contributed by atoms with Crippen molar-refractivity contribution in [3.63, 3.8) is 0 Å². The summed E-state index contributed by atoms with van der Waals surface area (Å²) in [5.41, 5.74) is 1.20. The normalized spacial score (nSPS) is 15.8. The number of hydrogen-bond donors (Lipinski definition) is 1. The zero-order valence-electron chi connectivity index (χ0n) is 18.2. The van der Waals surface area contributed by atoms with Crippen LogP contribution >= 0.6 is 11.3 Å². The number of alkyl halides is 3. The molecule has 2 heterocycles. The van der Waals surface area contributed by atoms with E-state index < -0.39 is 21.8 Å². The number of anilines is 2. The molecule has 4 rings (SSSR count). The minimum Gasteiger partial charge on any atom is -0.312 e. The van der Waals surface area contributed by atoms with Gasteiger partial charge >= 0.3 is 6.18 Å². The fourth-order valence-corrected chi connectivity index (χ4v) is 6.34. The van der Waals surface area contributed by atoms with Crippen molar-refractivity contribution in [2.75, 3.05) is 21.9 Å². The summed E-state index contributed by atoms with van der Waals surface area (Å²) < 4.78 is 64.8. The number of aromatic nitrogens is 1. The third kappa shape index (κ3) is 5.41. The maximum absolute atomic E-state index is 13.0. The molecular formula is C23H22F3N3O3S2. The third-order valence-electron chi connectivity index (χ3n) is 5.44. The molecule has 0 atom stereocenters. The number of sulfonamides is 1. The molecule has 1 aliphatic rings. The minimum atomic E-state index is -4.42. The highest BCUT2D eigenvalue weighted by molar-refractivity contribution is 7.92. The zero-order valence-corrected chi connectivity index (χ0v) is 19.9. The Hall–Kier alpha value is -2.92. The van der Waals surface area contributed by atoms with Gasteiger partial charge in [0.2, 0.25) is 10.0 Å². The van der Waals surface area contributed by atoms with Crippen LogP contribution < -0.4 is 9.62 Å². The SMILES string of the molecule is Cc1nc(Cc2cccc(C(F)(F)F)c2)sc1NC(=O)c1ccc(N2CCCCS2(=O)=O)cc1. The molecule has 1 aliphatic heterocycles. The maximum Gasteiger partial charge on any atom is 0.416 e. The second-order valence-electron chi connectivity index (χ2n) is 7.99. The molecule has 1 amide bonds. The molecule has 3 aromatic rings. The monoisotopic (exact) mass is 509 g/mol. The predicted molar refractivity (Wildman–Crippen MR) is 126 cm³/mol. The number of carbonyl (C=O) groups excluding carboxylic acids is 1. The molecule has 6 nitrogen and oxygen atoms in total. The molecule has 1 N–H and O–H groups in total. The molecule has 0 bridgehead atoms. The summed E-state index contributed by atoms with van der Waals surface area (Å²) in [4.78, 5) is 17.1. The number of carbonyl (C=O) groups is 1. The molecule has 1 saturated heterocycles. The largest absolute Gasteiger partial charge is 0.416 e. The Balaban J connectivity index is 1.45. The fraction of sp³-hybridized carbons (Fsp3) is 0.304. The summed E-state index contributed by atoms with van der Waals surface area (Å²) in [5.74, 6) is -0.270. The first-order valence-corrected chi connectivity index (χ1v) is 13.0. The molecular weight excluding hydrogens is 487 g/mol. The van der Waals surface area contributed by atoms with Gasteiger partial charge in [0, 0.05) is 18.5 Å². The summed E-state index contributed by atoms with van der Waals surface area (Å²) >= 11 is 1.20. The molecule has 11 heteroatoms. The Morgan fingerprint density at radius 1 is 1.15 bits per heavy atom. The summed E-state index contributed by atoms with van der Waals surface area (Å²) in [7, 11) is -3.33. The number of nitrogens with zero attached hydrogens (tertiary/aromatic N) is 2. The average molecular weight is 510 g/mol. The van der Waals surface area contributed by atoms with Crippen LogP contribution in [0.4, 0.5) is 23.9 Å². The van der Waals surface area contributed by atoms with Gasteiger partial charge in [-0.05, 0) is 55.7 Å². The molecule has 34 heavy (non-hydrogen) atoms. The Morgan fingerprint density at radius 3 is 2.56 bits per heavy atom. The van der Waals surface area contributed by atoms with Crippen molar-refractivity contribution in [1.29, 1.82) is 0 Å². The Kier molecular flexibility index (Phi) is 6.68. The first-order valence-electron chi connectivity index (χ1n) is 10.6. The van der Waals surface area contributed by atoms with Gasteiger partial charge in [-0.3, -0.25) is 9.10 Å². The molecule has 0 spiro atoms. The number of halogens is 3. The van der Waals surface area contributed by atoms with E-state index in [0.717, 1.165) is 18.6 Å². The van der Waals surface area contributed by atoms with Gasteiger partial charge in [-0.2, -0.15) is 13.2 Å². The summed E-state index contributed by atoms with van der Waals surface area (Å²) in [6.07, 6.45) is -2.77. The van der Waals surface area contributed by atoms with Crippen molar-refractivity contribution in [2.24, 2.45) is 0 Å². The third-order valence-corrected chi connectivity index (χ3v) is 8.39. The minimum absolute atomic E-state index is 0.114. The molecule has 0 unspecified atom stereocenters. The van der Waals surface area contributed by atoms with Gasteiger partial charge in [0.05, 0.1) is 27.7 Å². The van der Waals surface area contributed by atoms with E-state index in [-0.39, 0.29) is 18.1 Å². The molecule has 0 aliphatic carbocycles. The number of benzene rings is 2. The van der Waals surface area contributed by atoms with Crippen LogP contribution in [0.2, 0.25) is 0 Å². The van der Waals surface area contributed by atoms with Gasteiger partial charge in [-0.25, -0.2) is 13.4 Å². The van der Waals surface area contributed by atoms with Crippen LogP contribution in [-0.2, 0) is 22.6 Å². The molecule has 2 aromatic carbocycles. The lowest BCUT2D eigenvalue weighted by molar-refractivity contribution is -0.137. The number of amides is 1. The highest BCUT2D eigenvalue weighted by Crippen LogP contribution is 2.31. The summed E-state index contributed by atoms with van der Waals surface area (Å²) in [6, 6.07) is 11.4. The number of rotatable bonds is 5. The van der Waals surface area contributed by atoms with Crippen LogP contribution in [0.15, 0.2) is 48.5 Å². The molecule has 1 aromatic heterocycles. The lowest BCUT2D eigenvalue weighted by Gasteiger charge is -2.28. The van der Waals surface area contributed by atoms with Crippen LogP contribution in [0.5, 0.6) is 0 Å². The number of thiazole rings is 1.